The standard InChI is InChI=1S/C27H25BrN2O5/c1-2-7-23(25(31)29-24-14-16(26(32)33)12-13-22(24)28)30-27(34)35-15-21-19-10-5-3-8-17(19)18-9-4-6-11-20(18)21/h3-6,8-14,21,23H,2,7,15H2,1H3,(H,29,31)(H,30,34)(H,32,33). The molecule has 1 aliphatic carbocycles. The van der Waals surface area contributed by atoms with Crippen LogP contribution in [0.15, 0.2) is 71.2 Å². The van der Waals surface area contributed by atoms with Gasteiger partial charge in [-0.25, -0.2) is 9.59 Å². The molecule has 0 saturated carbocycles. The highest BCUT2D eigenvalue weighted by Gasteiger charge is 2.29. The lowest BCUT2D eigenvalue weighted by Crippen LogP contribution is -2.44. The fourth-order valence-corrected chi connectivity index (χ4v) is 4.66. The van der Waals surface area contributed by atoms with E-state index >= 15 is 0 Å². The van der Waals surface area contributed by atoms with Crippen LogP contribution in [0.25, 0.3) is 11.1 Å². The molecule has 4 rings (SSSR count). The van der Waals surface area contributed by atoms with Gasteiger partial charge in [0, 0.05) is 10.4 Å². The van der Waals surface area contributed by atoms with E-state index in [1.54, 1.807) is 6.07 Å². The Bertz CT molecular complexity index is 1230. The van der Waals surface area contributed by atoms with Crippen molar-refractivity contribution in [1.82, 2.24) is 5.32 Å². The summed E-state index contributed by atoms with van der Waals surface area (Å²) in [6.07, 6.45) is 0.364. The van der Waals surface area contributed by atoms with Crippen LogP contribution < -0.4 is 10.6 Å². The van der Waals surface area contributed by atoms with Crippen molar-refractivity contribution in [1.29, 1.82) is 0 Å². The Balaban J connectivity index is 1.42. The molecule has 3 aromatic rings. The summed E-state index contributed by atoms with van der Waals surface area (Å²) in [5.74, 6) is -1.64. The second kappa shape index (κ2) is 10.7. The molecule has 0 saturated heterocycles. The van der Waals surface area contributed by atoms with Crippen LogP contribution in [0.4, 0.5) is 10.5 Å². The molecule has 3 aromatic carbocycles. The molecular weight excluding hydrogens is 512 g/mol. The maximum atomic E-state index is 12.9. The molecule has 0 aliphatic heterocycles. The second-order valence-corrected chi connectivity index (χ2v) is 9.15. The predicted molar refractivity (Wildman–Crippen MR) is 137 cm³/mol. The van der Waals surface area contributed by atoms with E-state index in [1.165, 1.54) is 12.1 Å². The van der Waals surface area contributed by atoms with E-state index in [1.807, 2.05) is 43.3 Å². The molecule has 0 heterocycles. The van der Waals surface area contributed by atoms with Gasteiger partial charge in [0.15, 0.2) is 0 Å². The number of aromatic carboxylic acids is 1. The largest absolute Gasteiger partial charge is 0.478 e. The summed E-state index contributed by atoms with van der Waals surface area (Å²) in [4.78, 5) is 36.9. The van der Waals surface area contributed by atoms with Crippen molar-refractivity contribution < 1.29 is 24.2 Å². The first-order valence-electron chi connectivity index (χ1n) is 11.3. The third kappa shape index (κ3) is 5.38. The zero-order valence-corrected chi connectivity index (χ0v) is 20.7. The summed E-state index contributed by atoms with van der Waals surface area (Å²) in [7, 11) is 0. The van der Waals surface area contributed by atoms with Gasteiger partial charge in [0.25, 0.3) is 0 Å². The van der Waals surface area contributed by atoms with Gasteiger partial charge < -0.3 is 20.5 Å². The van der Waals surface area contributed by atoms with Gasteiger partial charge in [-0.3, -0.25) is 4.79 Å². The lowest BCUT2D eigenvalue weighted by molar-refractivity contribution is -0.118. The first-order chi connectivity index (χ1) is 16.9. The minimum absolute atomic E-state index is 0.0417. The molecule has 1 atom stereocenters. The van der Waals surface area contributed by atoms with E-state index in [-0.39, 0.29) is 18.1 Å². The molecule has 8 heteroatoms. The Labute approximate surface area is 211 Å². The van der Waals surface area contributed by atoms with E-state index in [0.717, 1.165) is 22.3 Å². The summed E-state index contributed by atoms with van der Waals surface area (Å²) in [5, 5.41) is 14.6. The molecule has 0 bridgehead atoms. The first kappa shape index (κ1) is 24.5. The molecule has 2 amide bonds. The monoisotopic (exact) mass is 536 g/mol. The van der Waals surface area contributed by atoms with Crippen molar-refractivity contribution in [3.63, 3.8) is 0 Å². The third-order valence-corrected chi connectivity index (χ3v) is 6.69. The highest BCUT2D eigenvalue weighted by atomic mass is 79.9. The highest BCUT2D eigenvalue weighted by Crippen LogP contribution is 2.44. The molecule has 1 unspecified atom stereocenters. The van der Waals surface area contributed by atoms with Crippen LogP contribution >= 0.6 is 15.9 Å². The lowest BCUT2D eigenvalue weighted by Gasteiger charge is -2.20. The number of halogens is 1. The summed E-state index contributed by atoms with van der Waals surface area (Å²) < 4.78 is 6.11. The average molecular weight is 537 g/mol. The van der Waals surface area contributed by atoms with Crippen LogP contribution in [-0.4, -0.2) is 35.7 Å². The minimum Gasteiger partial charge on any atom is -0.478 e. The number of fused-ring (bicyclic) bond motifs is 3. The van der Waals surface area contributed by atoms with Crippen molar-refractivity contribution in [3.8, 4) is 11.1 Å². The van der Waals surface area contributed by atoms with E-state index in [4.69, 9.17) is 4.74 Å². The van der Waals surface area contributed by atoms with Gasteiger partial charge in [-0.1, -0.05) is 61.9 Å². The number of carboxylic acids is 1. The van der Waals surface area contributed by atoms with Crippen LogP contribution in [-0.2, 0) is 9.53 Å². The van der Waals surface area contributed by atoms with Gasteiger partial charge in [-0.2, -0.15) is 0 Å². The third-order valence-electron chi connectivity index (χ3n) is 6.00. The van der Waals surface area contributed by atoms with Gasteiger partial charge in [0.1, 0.15) is 12.6 Å². The number of nitrogens with one attached hydrogen (secondary N) is 2. The van der Waals surface area contributed by atoms with Crippen molar-refractivity contribution in [2.24, 2.45) is 0 Å². The van der Waals surface area contributed by atoms with Crippen LogP contribution in [0.1, 0.15) is 47.2 Å². The molecular formula is C27H25BrN2O5. The van der Waals surface area contributed by atoms with Crippen molar-refractivity contribution in [3.05, 3.63) is 87.9 Å². The minimum atomic E-state index is -1.10. The van der Waals surface area contributed by atoms with Crippen molar-refractivity contribution in [2.45, 2.75) is 31.7 Å². The van der Waals surface area contributed by atoms with Gasteiger partial charge in [-0.05, 0) is 62.8 Å². The molecule has 0 aromatic heterocycles. The van der Waals surface area contributed by atoms with Gasteiger partial charge in [-0.15, -0.1) is 0 Å². The van der Waals surface area contributed by atoms with Gasteiger partial charge >= 0.3 is 12.1 Å². The maximum absolute atomic E-state index is 12.9. The molecule has 0 radical (unpaired) electrons. The summed E-state index contributed by atoms with van der Waals surface area (Å²) in [6.45, 7) is 2.05. The number of hydrogen-bond donors (Lipinski definition) is 3. The van der Waals surface area contributed by atoms with Crippen molar-refractivity contribution in [2.75, 3.05) is 11.9 Å². The van der Waals surface area contributed by atoms with E-state index in [2.05, 4.69) is 38.7 Å². The number of amides is 2. The van der Waals surface area contributed by atoms with Crippen LogP contribution in [0, 0.1) is 0 Å². The summed E-state index contributed by atoms with van der Waals surface area (Å²) in [5.41, 5.74) is 4.83. The Kier molecular flexibility index (Phi) is 7.51. The van der Waals surface area contributed by atoms with Crippen molar-refractivity contribution >= 4 is 39.6 Å². The van der Waals surface area contributed by atoms with Gasteiger partial charge in [0.2, 0.25) is 5.91 Å². The molecule has 180 valence electrons. The topological polar surface area (TPSA) is 105 Å². The maximum Gasteiger partial charge on any atom is 0.407 e. The van der Waals surface area contributed by atoms with E-state index < -0.39 is 24.0 Å². The zero-order valence-electron chi connectivity index (χ0n) is 19.1. The van der Waals surface area contributed by atoms with Crippen LogP contribution in [0.5, 0.6) is 0 Å². The van der Waals surface area contributed by atoms with Crippen LogP contribution in [0.3, 0.4) is 0 Å². The Morgan fingerprint density at radius 3 is 2.23 bits per heavy atom. The number of ether oxygens (including phenoxy) is 1. The second-order valence-electron chi connectivity index (χ2n) is 8.30. The summed E-state index contributed by atoms with van der Waals surface area (Å²) in [6, 6.07) is 19.6. The molecule has 1 aliphatic rings. The fraction of sp³-hybridized carbons (Fsp3) is 0.222. The number of anilines is 1. The number of benzene rings is 3. The molecule has 0 fully saturated rings. The van der Waals surface area contributed by atoms with Gasteiger partial charge in [0.05, 0.1) is 11.3 Å². The number of rotatable bonds is 8. The number of carbonyl (C=O) groups excluding carboxylic acids is 2. The lowest BCUT2D eigenvalue weighted by atomic mass is 9.98. The SMILES string of the molecule is CCCC(NC(=O)OCC1c2ccccc2-c2ccccc21)C(=O)Nc1cc(C(=O)O)ccc1Br. The zero-order chi connectivity index (χ0) is 24.9. The smallest absolute Gasteiger partial charge is 0.407 e. The van der Waals surface area contributed by atoms with E-state index in [9.17, 15) is 19.5 Å². The quantitative estimate of drug-likeness (QED) is 0.337. The number of carboxylic acid groups (broad SMARTS) is 1. The number of carbonyl (C=O) groups is 3. The first-order valence-corrected chi connectivity index (χ1v) is 12.1. The molecule has 0 spiro atoms. The fourth-order valence-electron chi connectivity index (χ4n) is 4.31. The average Bonchev–Trinajstić information content (AvgIpc) is 3.17. The number of alkyl carbamates (subject to hydrolysis) is 1. The number of hydrogen-bond acceptors (Lipinski definition) is 4. The molecule has 3 N–H and O–H groups in total. The summed E-state index contributed by atoms with van der Waals surface area (Å²) >= 11 is 3.32. The highest BCUT2D eigenvalue weighted by molar-refractivity contribution is 9.10. The predicted octanol–water partition coefficient (Wildman–Crippen LogP) is 5.79. The Morgan fingerprint density at radius 1 is 1.00 bits per heavy atom. The molecule has 7 nitrogen and oxygen atoms in total. The van der Waals surface area contributed by atoms with E-state index in [0.29, 0.717) is 23.0 Å². The Morgan fingerprint density at radius 2 is 1.63 bits per heavy atom. The Hall–Kier alpha value is -3.65. The van der Waals surface area contributed by atoms with Crippen LogP contribution in [0.2, 0.25) is 0 Å². The molecule has 35 heavy (non-hydrogen) atoms. The normalized spacial score (nSPS) is 12.9.